The molecule has 0 saturated heterocycles. The zero-order chi connectivity index (χ0) is 16.9. The second-order valence-electron chi connectivity index (χ2n) is 5.28. The van der Waals surface area contributed by atoms with Crippen molar-refractivity contribution in [3.05, 3.63) is 65.0 Å². The van der Waals surface area contributed by atoms with Gasteiger partial charge in [-0.1, -0.05) is 43.3 Å². The summed E-state index contributed by atoms with van der Waals surface area (Å²) in [7, 11) is 0. The molecule has 0 aliphatic carbocycles. The van der Waals surface area contributed by atoms with Crippen LogP contribution in [0.25, 0.3) is 10.1 Å². The molecular formula is C19H17NO3S. The minimum absolute atomic E-state index is 0.300. The van der Waals surface area contributed by atoms with Crippen molar-refractivity contribution in [2.24, 2.45) is 0 Å². The molecule has 1 aromatic heterocycles. The van der Waals surface area contributed by atoms with Gasteiger partial charge in [-0.15, -0.1) is 11.3 Å². The van der Waals surface area contributed by atoms with E-state index >= 15 is 0 Å². The molecule has 122 valence electrons. The minimum atomic E-state index is -0.477. The fraction of sp³-hybridized carbons (Fsp3) is 0.158. The van der Waals surface area contributed by atoms with Crippen LogP contribution >= 0.6 is 11.3 Å². The summed E-state index contributed by atoms with van der Waals surface area (Å²) >= 11 is 1.36. The highest BCUT2D eigenvalue weighted by Gasteiger charge is 2.14. The third-order valence-corrected chi connectivity index (χ3v) is 4.73. The number of benzene rings is 2. The number of fused-ring (bicyclic) bond motifs is 1. The Kier molecular flexibility index (Phi) is 4.91. The summed E-state index contributed by atoms with van der Waals surface area (Å²) in [5, 5.41) is 3.78. The molecule has 2 aromatic carbocycles. The van der Waals surface area contributed by atoms with E-state index < -0.39 is 5.97 Å². The number of ether oxygens (including phenoxy) is 1. The van der Waals surface area contributed by atoms with Crippen LogP contribution in [0.1, 0.15) is 22.2 Å². The zero-order valence-electron chi connectivity index (χ0n) is 13.2. The monoisotopic (exact) mass is 339 g/mol. The summed E-state index contributed by atoms with van der Waals surface area (Å²) in [6, 6.07) is 17.1. The summed E-state index contributed by atoms with van der Waals surface area (Å²) in [5.41, 5.74) is 1.80. The van der Waals surface area contributed by atoms with Gasteiger partial charge in [0, 0.05) is 10.4 Å². The Hall–Kier alpha value is -2.66. The van der Waals surface area contributed by atoms with Crippen LogP contribution in [0.5, 0.6) is 0 Å². The topological polar surface area (TPSA) is 55.4 Å². The smallest absolute Gasteiger partial charge is 0.348 e. The van der Waals surface area contributed by atoms with Gasteiger partial charge in [0.05, 0.1) is 0 Å². The highest BCUT2D eigenvalue weighted by molar-refractivity contribution is 7.20. The first-order valence-corrected chi connectivity index (χ1v) is 8.52. The molecule has 0 aliphatic heterocycles. The predicted octanol–water partition coefficient (Wildman–Crippen LogP) is 4.26. The zero-order valence-corrected chi connectivity index (χ0v) is 14.1. The van der Waals surface area contributed by atoms with Crippen LogP contribution in [-0.2, 0) is 16.0 Å². The lowest BCUT2D eigenvalue weighted by atomic mass is 10.1. The molecule has 0 radical (unpaired) electrons. The lowest BCUT2D eigenvalue weighted by Crippen LogP contribution is -2.21. The number of esters is 1. The van der Waals surface area contributed by atoms with Crippen LogP contribution in [0.4, 0.5) is 5.69 Å². The van der Waals surface area contributed by atoms with Gasteiger partial charge >= 0.3 is 5.97 Å². The van der Waals surface area contributed by atoms with Gasteiger partial charge in [-0.2, -0.15) is 0 Å². The molecule has 1 N–H and O–H groups in total. The van der Waals surface area contributed by atoms with Crippen molar-refractivity contribution in [1.82, 2.24) is 0 Å². The fourth-order valence-electron chi connectivity index (χ4n) is 2.42. The van der Waals surface area contributed by atoms with Gasteiger partial charge in [0.25, 0.3) is 5.91 Å². The number of para-hydroxylation sites is 1. The molecule has 5 heteroatoms. The number of hydrogen-bond acceptors (Lipinski definition) is 4. The summed E-state index contributed by atoms with van der Waals surface area (Å²) in [5.74, 6) is -0.819. The molecular weight excluding hydrogens is 322 g/mol. The lowest BCUT2D eigenvalue weighted by molar-refractivity contribution is -0.119. The molecule has 0 fully saturated rings. The van der Waals surface area contributed by atoms with Gasteiger partial charge in [-0.05, 0) is 35.6 Å². The summed E-state index contributed by atoms with van der Waals surface area (Å²) in [6.45, 7) is 1.72. The third kappa shape index (κ3) is 3.63. The van der Waals surface area contributed by atoms with E-state index in [0.717, 1.165) is 27.8 Å². The third-order valence-electron chi connectivity index (χ3n) is 3.63. The second kappa shape index (κ2) is 7.27. The standard InChI is InChI=1S/C19H17NO3S/c1-2-13-7-3-5-9-15(13)20-18(21)12-23-19(22)17-11-14-8-4-6-10-16(14)24-17/h3-11H,2,12H2,1H3,(H,20,21). The second-order valence-corrected chi connectivity index (χ2v) is 6.37. The number of hydrogen-bond donors (Lipinski definition) is 1. The van der Waals surface area contributed by atoms with Gasteiger partial charge in [0.2, 0.25) is 0 Å². The van der Waals surface area contributed by atoms with Gasteiger partial charge in [-0.25, -0.2) is 4.79 Å². The Bertz CT molecular complexity index is 852. The first-order valence-electron chi connectivity index (χ1n) is 7.71. The van der Waals surface area contributed by atoms with E-state index in [-0.39, 0.29) is 12.5 Å². The number of anilines is 1. The van der Waals surface area contributed by atoms with E-state index in [9.17, 15) is 9.59 Å². The van der Waals surface area contributed by atoms with Crippen molar-refractivity contribution in [2.75, 3.05) is 11.9 Å². The minimum Gasteiger partial charge on any atom is -0.451 e. The van der Waals surface area contributed by atoms with E-state index in [1.807, 2.05) is 55.5 Å². The number of aryl methyl sites for hydroxylation is 1. The maximum atomic E-state index is 12.1. The Morgan fingerprint density at radius 2 is 1.83 bits per heavy atom. The van der Waals surface area contributed by atoms with Crippen LogP contribution in [0.3, 0.4) is 0 Å². The molecule has 0 bridgehead atoms. The molecule has 4 nitrogen and oxygen atoms in total. The number of carbonyl (C=O) groups is 2. The SMILES string of the molecule is CCc1ccccc1NC(=O)COC(=O)c1cc2ccccc2s1. The summed E-state index contributed by atoms with van der Waals surface area (Å²) in [6.07, 6.45) is 0.817. The van der Waals surface area contributed by atoms with Crippen molar-refractivity contribution in [3.63, 3.8) is 0 Å². The molecule has 1 amide bonds. The van der Waals surface area contributed by atoms with E-state index in [4.69, 9.17) is 4.74 Å². The van der Waals surface area contributed by atoms with Crippen molar-refractivity contribution in [3.8, 4) is 0 Å². The van der Waals surface area contributed by atoms with Gasteiger partial charge < -0.3 is 10.1 Å². The van der Waals surface area contributed by atoms with Crippen LogP contribution < -0.4 is 5.32 Å². The lowest BCUT2D eigenvalue weighted by Gasteiger charge is -2.09. The average Bonchev–Trinajstić information content (AvgIpc) is 3.04. The molecule has 3 aromatic rings. The predicted molar refractivity (Wildman–Crippen MR) is 96.6 cm³/mol. The van der Waals surface area contributed by atoms with E-state index in [2.05, 4.69) is 5.32 Å². The van der Waals surface area contributed by atoms with Crippen molar-refractivity contribution >= 4 is 39.0 Å². The van der Waals surface area contributed by atoms with Crippen LogP contribution in [0.15, 0.2) is 54.6 Å². The Morgan fingerprint density at radius 3 is 2.62 bits per heavy atom. The molecule has 3 rings (SSSR count). The normalized spacial score (nSPS) is 10.5. The number of thiophene rings is 1. The highest BCUT2D eigenvalue weighted by Crippen LogP contribution is 2.25. The number of nitrogens with one attached hydrogen (secondary N) is 1. The first-order chi connectivity index (χ1) is 11.7. The van der Waals surface area contributed by atoms with E-state index in [0.29, 0.717) is 4.88 Å². The van der Waals surface area contributed by atoms with E-state index in [1.54, 1.807) is 6.07 Å². The Labute approximate surface area is 144 Å². The maximum absolute atomic E-state index is 12.1. The first kappa shape index (κ1) is 16.2. The van der Waals surface area contributed by atoms with Crippen LogP contribution in [0, 0.1) is 0 Å². The highest BCUT2D eigenvalue weighted by atomic mass is 32.1. The molecule has 0 unspecified atom stereocenters. The molecule has 0 spiro atoms. The molecule has 24 heavy (non-hydrogen) atoms. The maximum Gasteiger partial charge on any atom is 0.348 e. The largest absolute Gasteiger partial charge is 0.451 e. The molecule has 0 saturated carbocycles. The average molecular weight is 339 g/mol. The van der Waals surface area contributed by atoms with Gasteiger partial charge in [0.15, 0.2) is 6.61 Å². The Morgan fingerprint density at radius 1 is 1.08 bits per heavy atom. The molecule has 1 heterocycles. The van der Waals surface area contributed by atoms with Crippen LogP contribution in [0.2, 0.25) is 0 Å². The van der Waals surface area contributed by atoms with Crippen molar-refractivity contribution < 1.29 is 14.3 Å². The number of carbonyl (C=O) groups excluding carboxylic acids is 2. The molecule has 0 atom stereocenters. The van der Waals surface area contributed by atoms with Crippen molar-refractivity contribution in [1.29, 1.82) is 0 Å². The number of rotatable bonds is 5. The summed E-state index contributed by atoms with van der Waals surface area (Å²) in [4.78, 5) is 24.6. The van der Waals surface area contributed by atoms with E-state index in [1.165, 1.54) is 11.3 Å². The van der Waals surface area contributed by atoms with Crippen molar-refractivity contribution in [2.45, 2.75) is 13.3 Å². The summed E-state index contributed by atoms with van der Waals surface area (Å²) < 4.78 is 6.14. The van der Waals surface area contributed by atoms with Crippen LogP contribution in [-0.4, -0.2) is 18.5 Å². The van der Waals surface area contributed by atoms with Gasteiger partial charge in [-0.3, -0.25) is 4.79 Å². The number of amides is 1. The fourth-order valence-corrected chi connectivity index (χ4v) is 3.38. The quantitative estimate of drug-likeness (QED) is 0.707. The van der Waals surface area contributed by atoms with Gasteiger partial charge in [0.1, 0.15) is 4.88 Å². The Balaban J connectivity index is 1.60. The molecule has 0 aliphatic rings.